The summed E-state index contributed by atoms with van der Waals surface area (Å²) in [6, 6.07) is 40.2. The van der Waals surface area contributed by atoms with Gasteiger partial charge in [-0.1, -0.05) is 54.6 Å². The summed E-state index contributed by atoms with van der Waals surface area (Å²) in [5.41, 5.74) is 5.45. The van der Waals surface area contributed by atoms with Gasteiger partial charge in [-0.2, -0.15) is 58.1 Å². The topological polar surface area (TPSA) is 408 Å². The van der Waals surface area contributed by atoms with Gasteiger partial charge in [0.15, 0.2) is 28.9 Å². The smallest absolute Gasteiger partial charge is 0.361 e. The van der Waals surface area contributed by atoms with Crippen molar-refractivity contribution in [3.8, 4) is 57.3 Å². The number of halogens is 3. The van der Waals surface area contributed by atoms with Crippen LogP contribution < -0.4 is 21.3 Å². The van der Waals surface area contributed by atoms with Gasteiger partial charge in [0, 0.05) is 83.8 Å². The molecule has 0 aliphatic carbocycles. The maximum Gasteiger partial charge on any atom is 0.418 e. The second-order valence-corrected chi connectivity index (χ2v) is 23.3. The quantitative estimate of drug-likeness (QED) is 0.0675. The standard InChI is InChI=1S/C25H22N8O.C17H13N7O.C16H11F3N6O.C16H14N6O/c1-15(2)33-23-19(14-27-33)18(13-21(30-23)17-9-5-4-6-10-17)24(34)32-25-29-16(3)28-22(31-25)20-11-7-8-12-26-20;1-10-21-15(13-4-2-3-7-18-13)23-17(22-10)24-16(25)14-11-5-8-19-12(11)6-9-20-14;1-9-22-13(11-6-2-3-7-20-11)24-15(23-9)25-14(26)12-10(16(17,18)19)5-4-8-21-12;1-10-9-17-8-6-12(10)15(23)22-16-20-11(2)19-14(21-16)13-5-3-4-7-18-13/h4-15H,1-3H3,(H,28,29,31,32,34);2-9,19H,1H3,(H,21,22,23,24,25);2-8H,1H3,(H,22,23,24,25,26);3-9H,1-2H3,(H,19,20,21,22,23). The number of aryl methyl sites for hydroxylation is 5. The molecule has 0 radical (unpaired) electrons. The highest BCUT2D eigenvalue weighted by Crippen LogP contribution is 2.32. The molecule has 0 atom stereocenters. The van der Waals surface area contributed by atoms with Crippen molar-refractivity contribution in [2.24, 2.45) is 0 Å². The van der Waals surface area contributed by atoms with E-state index in [0.717, 1.165) is 40.4 Å². The predicted molar refractivity (Wildman–Crippen MR) is 391 cm³/mol. The monoisotopic (exact) mass is 1450 g/mol. The van der Waals surface area contributed by atoms with E-state index in [9.17, 15) is 32.3 Å². The lowest BCUT2D eigenvalue weighted by Gasteiger charge is -2.11. The van der Waals surface area contributed by atoms with Crippen LogP contribution in [-0.4, -0.2) is 138 Å². The van der Waals surface area contributed by atoms with Crippen molar-refractivity contribution >= 4 is 69.4 Å². The molecule has 15 rings (SSSR count). The molecule has 5 N–H and O–H groups in total. The lowest BCUT2D eigenvalue weighted by atomic mass is 10.1. The summed E-state index contributed by atoms with van der Waals surface area (Å²) in [6.07, 6.45) is 11.1. The van der Waals surface area contributed by atoms with E-state index in [4.69, 9.17) is 4.98 Å². The highest BCUT2D eigenvalue weighted by Gasteiger charge is 2.36. The molecule has 31 nitrogen and oxygen atoms in total. The van der Waals surface area contributed by atoms with Gasteiger partial charge in [-0.05, 0) is 139 Å². The van der Waals surface area contributed by atoms with Crippen molar-refractivity contribution in [2.45, 2.75) is 60.7 Å². The number of alkyl halides is 3. The molecule has 4 amide bonds. The van der Waals surface area contributed by atoms with E-state index >= 15 is 0 Å². The van der Waals surface area contributed by atoms with Crippen molar-refractivity contribution in [3.63, 3.8) is 0 Å². The van der Waals surface area contributed by atoms with Gasteiger partial charge in [-0.15, -0.1) is 0 Å². The molecule has 0 saturated carbocycles. The van der Waals surface area contributed by atoms with Crippen molar-refractivity contribution < 1.29 is 32.3 Å². The first-order valence-electron chi connectivity index (χ1n) is 32.8. The first-order chi connectivity index (χ1) is 52.2. The van der Waals surface area contributed by atoms with Crippen LogP contribution in [0.25, 0.3) is 79.3 Å². The average molecular weight is 1450 g/mol. The SMILES string of the molecule is Cc1nc(NC(=O)c2cc(-c3ccccc3)nc3c2cnn3C(C)C)nc(-c2ccccn2)n1.Cc1nc(NC(=O)c2ccncc2C)nc(-c2ccccn2)n1.Cc1nc(NC(=O)c2nccc3[nH]ccc23)nc(-c2ccccn2)n1.Cc1nc(NC(=O)c2ncccc2C(F)(F)F)nc(-c2ccccn2)n1. The van der Waals surface area contributed by atoms with Crippen molar-refractivity contribution in [3.05, 3.63) is 258 Å². The minimum atomic E-state index is -4.71. The molecule has 34 heteroatoms. The van der Waals surface area contributed by atoms with Gasteiger partial charge < -0.3 is 4.98 Å². The van der Waals surface area contributed by atoms with Crippen LogP contribution in [-0.2, 0) is 6.18 Å². The summed E-state index contributed by atoms with van der Waals surface area (Å²) >= 11 is 0. The number of benzene rings is 1. The Labute approximate surface area is 611 Å². The first-order valence-corrected chi connectivity index (χ1v) is 32.8. The van der Waals surface area contributed by atoms with Crippen molar-refractivity contribution in [1.82, 2.24) is 114 Å². The van der Waals surface area contributed by atoms with Gasteiger partial charge in [-0.25, -0.2) is 29.6 Å². The summed E-state index contributed by atoms with van der Waals surface area (Å²) in [7, 11) is 0. The summed E-state index contributed by atoms with van der Waals surface area (Å²) in [5.74, 6) is 1.33. The highest BCUT2D eigenvalue weighted by molar-refractivity contribution is 6.12. The van der Waals surface area contributed by atoms with Gasteiger partial charge in [0.1, 0.15) is 57.5 Å². The second-order valence-electron chi connectivity index (χ2n) is 23.3. The number of pyridine rings is 8. The average Bonchev–Trinajstić information content (AvgIpc) is 1.60. The van der Waals surface area contributed by atoms with Crippen LogP contribution in [0.15, 0.2) is 201 Å². The fourth-order valence-corrected chi connectivity index (χ4v) is 10.3. The van der Waals surface area contributed by atoms with Crippen LogP contribution in [0, 0.1) is 34.6 Å². The van der Waals surface area contributed by atoms with Gasteiger partial charge in [0.25, 0.3) is 23.6 Å². The zero-order valence-electron chi connectivity index (χ0n) is 58.2. The predicted octanol–water partition coefficient (Wildman–Crippen LogP) is 12.0. The summed E-state index contributed by atoms with van der Waals surface area (Å²) in [6.45, 7) is 12.6. The van der Waals surface area contributed by atoms with Crippen molar-refractivity contribution in [1.29, 1.82) is 0 Å². The number of hydrogen-bond donors (Lipinski definition) is 5. The molecule has 0 fully saturated rings. The van der Waals surface area contributed by atoms with Crippen LogP contribution in [0.5, 0.6) is 0 Å². The molecular formula is C74H60F3N27O4. The highest BCUT2D eigenvalue weighted by atomic mass is 19.4. The van der Waals surface area contributed by atoms with E-state index in [1.165, 1.54) is 6.20 Å². The fourth-order valence-electron chi connectivity index (χ4n) is 10.3. The maximum atomic E-state index is 13.5. The molecule has 14 aromatic heterocycles. The van der Waals surface area contributed by atoms with Crippen LogP contribution in [0.4, 0.5) is 37.0 Å². The van der Waals surface area contributed by atoms with Gasteiger partial charge in [-0.3, -0.25) is 75.3 Å². The normalized spacial score (nSPS) is 10.9. The third-order valence-corrected chi connectivity index (χ3v) is 15.1. The van der Waals surface area contributed by atoms with E-state index in [1.807, 2.05) is 92.2 Å². The van der Waals surface area contributed by atoms with Crippen molar-refractivity contribution in [2.75, 3.05) is 21.3 Å². The summed E-state index contributed by atoms with van der Waals surface area (Å²) in [5, 5.41) is 16.3. The number of H-pyrrole nitrogens is 1. The lowest BCUT2D eigenvalue weighted by Crippen LogP contribution is -2.21. The van der Waals surface area contributed by atoms with Crippen LogP contribution in [0.2, 0.25) is 0 Å². The zero-order valence-corrected chi connectivity index (χ0v) is 58.2. The third-order valence-electron chi connectivity index (χ3n) is 15.1. The number of anilines is 4. The fraction of sp³-hybridized carbons (Fsp3) is 0.122. The number of amides is 4. The molecule has 0 spiro atoms. The molecule has 0 bridgehead atoms. The molecule has 15 aromatic rings. The summed E-state index contributed by atoms with van der Waals surface area (Å²) < 4.78 is 40.9. The molecule has 0 unspecified atom stereocenters. The number of aromatic nitrogens is 23. The molecule has 0 aliphatic heterocycles. The van der Waals surface area contributed by atoms with E-state index < -0.39 is 23.3 Å². The van der Waals surface area contributed by atoms with Crippen LogP contribution in [0.3, 0.4) is 0 Å². The van der Waals surface area contributed by atoms with Gasteiger partial charge in [0.05, 0.1) is 28.4 Å². The Morgan fingerprint density at radius 3 is 1.31 bits per heavy atom. The Morgan fingerprint density at radius 1 is 0.407 bits per heavy atom. The van der Waals surface area contributed by atoms with Gasteiger partial charge in [0.2, 0.25) is 23.8 Å². The minimum Gasteiger partial charge on any atom is -0.361 e. The maximum absolute atomic E-state index is 13.5. The van der Waals surface area contributed by atoms with E-state index in [-0.39, 0.29) is 59.2 Å². The molecule has 108 heavy (non-hydrogen) atoms. The number of carbonyl (C=O) groups is 4. The molecule has 14 heterocycles. The molecule has 536 valence electrons. The Kier molecular flexibility index (Phi) is 22.3. The summed E-state index contributed by atoms with van der Waals surface area (Å²) in [4.78, 5) is 138. The van der Waals surface area contributed by atoms with Crippen LogP contribution in [0.1, 0.15) is 96.0 Å². The third kappa shape index (κ3) is 18.1. The molecular weight excluding hydrogens is 1390 g/mol. The number of nitrogens with zero attached hydrogens (tertiary/aromatic N) is 22. The number of fused-ring (bicyclic) bond motifs is 2. The van der Waals surface area contributed by atoms with Crippen LogP contribution >= 0.6 is 0 Å². The number of rotatable bonds is 14. The van der Waals surface area contributed by atoms with E-state index in [2.05, 4.69) is 126 Å². The molecule has 0 aliphatic rings. The Balaban J connectivity index is 0.000000136. The number of hydrogen-bond acceptors (Lipinski definition) is 25. The second kappa shape index (κ2) is 33.1. The Morgan fingerprint density at radius 2 is 0.852 bits per heavy atom. The number of aromatic amines is 1. The number of carbonyl (C=O) groups excluding carboxylic acids is 4. The lowest BCUT2D eigenvalue weighted by molar-refractivity contribution is -0.138. The van der Waals surface area contributed by atoms with E-state index in [0.29, 0.717) is 91.3 Å². The molecule has 0 saturated heterocycles. The Bertz CT molecular complexity index is 5730. The minimum absolute atomic E-state index is 0.0824. The molecule has 1 aromatic carbocycles. The van der Waals surface area contributed by atoms with Gasteiger partial charge >= 0.3 is 6.18 Å². The first kappa shape index (κ1) is 72.9. The van der Waals surface area contributed by atoms with E-state index in [1.54, 1.807) is 138 Å². The Hall–Kier alpha value is -14.9. The largest absolute Gasteiger partial charge is 0.418 e. The zero-order chi connectivity index (χ0) is 75.8. The number of nitrogens with one attached hydrogen (secondary N) is 5.